The molecule has 0 unspecified atom stereocenters. The second-order valence-electron chi connectivity index (χ2n) is 6.64. The van der Waals surface area contributed by atoms with Crippen LogP contribution < -0.4 is 5.32 Å². The number of rotatable bonds is 5. The fraction of sp³-hybridized carbons (Fsp3) is 0.562. The van der Waals surface area contributed by atoms with Crippen molar-refractivity contribution >= 4 is 34.6 Å². The van der Waals surface area contributed by atoms with E-state index in [1.807, 2.05) is 24.5 Å². The molecule has 0 spiro atoms. The SMILES string of the molecule is COCC(C)(C)C(=O)Nc1nc2ccc(Cl)nc2n1C1CCC1. The van der Waals surface area contributed by atoms with Crippen LogP contribution >= 0.6 is 11.6 Å². The van der Waals surface area contributed by atoms with Gasteiger partial charge in [0.2, 0.25) is 11.9 Å². The van der Waals surface area contributed by atoms with Crippen molar-refractivity contribution in [1.82, 2.24) is 14.5 Å². The van der Waals surface area contributed by atoms with Gasteiger partial charge in [0, 0.05) is 13.2 Å². The van der Waals surface area contributed by atoms with E-state index in [9.17, 15) is 4.79 Å². The van der Waals surface area contributed by atoms with Gasteiger partial charge in [-0.2, -0.15) is 0 Å². The number of fused-ring (bicyclic) bond motifs is 1. The number of pyridine rings is 1. The van der Waals surface area contributed by atoms with Crippen molar-refractivity contribution < 1.29 is 9.53 Å². The molecule has 124 valence electrons. The van der Waals surface area contributed by atoms with Crippen LogP contribution in [0, 0.1) is 5.41 Å². The molecule has 1 N–H and O–H groups in total. The smallest absolute Gasteiger partial charge is 0.234 e. The summed E-state index contributed by atoms with van der Waals surface area (Å²) >= 11 is 6.03. The van der Waals surface area contributed by atoms with E-state index in [1.165, 1.54) is 6.42 Å². The molecule has 1 aliphatic rings. The zero-order valence-electron chi connectivity index (χ0n) is 13.6. The van der Waals surface area contributed by atoms with Gasteiger partial charge in [0.1, 0.15) is 10.7 Å². The van der Waals surface area contributed by atoms with Gasteiger partial charge in [-0.05, 0) is 45.2 Å². The summed E-state index contributed by atoms with van der Waals surface area (Å²) in [6.07, 6.45) is 3.29. The first kappa shape index (κ1) is 16.2. The largest absolute Gasteiger partial charge is 0.384 e. The molecule has 1 saturated carbocycles. The maximum Gasteiger partial charge on any atom is 0.234 e. The number of nitrogens with zero attached hydrogens (tertiary/aromatic N) is 3. The molecule has 1 fully saturated rings. The molecule has 0 atom stereocenters. The second-order valence-corrected chi connectivity index (χ2v) is 7.03. The Morgan fingerprint density at radius 1 is 1.43 bits per heavy atom. The Bertz CT molecular complexity index is 737. The van der Waals surface area contributed by atoms with Gasteiger partial charge >= 0.3 is 0 Å². The highest BCUT2D eigenvalue weighted by Gasteiger charge is 2.31. The molecule has 7 heteroatoms. The van der Waals surface area contributed by atoms with Crippen LogP contribution in [0.3, 0.4) is 0 Å². The predicted molar refractivity (Wildman–Crippen MR) is 89.7 cm³/mol. The van der Waals surface area contributed by atoms with E-state index < -0.39 is 5.41 Å². The van der Waals surface area contributed by atoms with Crippen molar-refractivity contribution in [3.05, 3.63) is 17.3 Å². The molecule has 2 aromatic rings. The third kappa shape index (κ3) is 3.05. The highest BCUT2D eigenvalue weighted by molar-refractivity contribution is 6.29. The van der Waals surface area contributed by atoms with E-state index in [0.717, 1.165) is 24.0 Å². The summed E-state index contributed by atoms with van der Waals surface area (Å²) in [7, 11) is 1.59. The number of carbonyl (C=O) groups is 1. The summed E-state index contributed by atoms with van der Waals surface area (Å²) in [4.78, 5) is 21.5. The Hall–Kier alpha value is -1.66. The summed E-state index contributed by atoms with van der Waals surface area (Å²) in [6, 6.07) is 3.85. The Morgan fingerprint density at radius 2 is 2.17 bits per heavy atom. The summed E-state index contributed by atoms with van der Waals surface area (Å²) in [5.74, 6) is 0.412. The monoisotopic (exact) mass is 336 g/mol. The molecule has 1 aliphatic carbocycles. The first-order chi connectivity index (χ1) is 10.9. The van der Waals surface area contributed by atoms with Crippen molar-refractivity contribution in [3.8, 4) is 0 Å². The first-order valence-corrected chi connectivity index (χ1v) is 8.15. The molecular weight excluding hydrogens is 316 g/mol. The van der Waals surface area contributed by atoms with E-state index in [0.29, 0.717) is 23.8 Å². The maximum absolute atomic E-state index is 12.6. The Kier molecular flexibility index (Phi) is 4.29. The number of carbonyl (C=O) groups excluding carboxylic acids is 1. The lowest BCUT2D eigenvalue weighted by molar-refractivity contribution is -0.126. The number of methoxy groups -OCH3 is 1. The van der Waals surface area contributed by atoms with Crippen LogP contribution in [0.15, 0.2) is 12.1 Å². The van der Waals surface area contributed by atoms with Crippen molar-refractivity contribution in [3.63, 3.8) is 0 Å². The highest BCUT2D eigenvalue weighted by atomic mass is 35.5. The Labute approximate surface area is 140 Å². The number of aromatic nitrogens is 3. The number of imidazole rings is 1. The van der Waals surface area contributed by atoms with E-state index >= 15 is 0 Å². The fourth-order valence-corrected chi connectivity index (χ4v) is 2.87. The van der Waals surface area contributed by atoms with E-state index in [2.05, 4.69) is 15.3 Å². The summed E-state index contributed by atoms with van der Waals surface area (Å²) in [5.41, 5.74) is 0.825. The number of nitrogens with one attached hydrogen (secondary N) is 1. The molecule has 0 bridgehead atoms. The molecule has 1 amide bonds. The minimum atomic E-state index is -0.637. The minimum Gasteiger partial charge on any atom is -0.384 e. The Balaban J connectivity index is 1.98. The van der Waals surface area contributed by atoms with Gasteiger partial charge in [-0.15, -0.1) is 0 Å². The number of hydrogen-bond donors (Lipinski definition) is 1. The number of hydrogen-bond acceptors (Lipinski definition) is 4. The van der Waals surface area contributed by atoms with Gasteiger partial charge < -0.3 is 4.74 Å². The van der Waals surface area contributed by atoms with Gasteiger partial charge in [-0.3, -0.25) is 14.7 Å². The van der Waals surface area contributed by atoms with Crippen LogP contribution in [-0.4, -0.2) is 34.2 Å². The molecule has 0 aromatic carbocycles. The van der Waals surface area contributed by atoms with Crippen molar-refractivity contribution in [2.24, 2.45) is 5.41 Å². The number of amides is 1. The van der Waals surface area contributed by atoms with Gasteiger partial charge in [-0.1, -0.05) is 11.6 Å². The predicted octanol–water partition coefficient (Wildman–Crippen LogP) is 3.42. The molecule has 0 aliphatic heterocycles. The van der Waals surface area contributed by atoms with Crippen LogP contribution in [0.4, 0.5) is 5.95 Å². The molecule has 0 saturated heterocycles. The van der Waals surface area contributed by atoms with Crippen molar-refractivity contribution in [2.45, 2.75) is 39.2 Å². The fourth-order valence-electron chi connectivity index (χ4n) is 2.73. The first-order valence-electron chi connectivity index (χ1n) is 7.77. The zero-order chi connectivity index (χ0) is 16.6. The standard InChI is InChI=1S/C16H21ClN4O2/c1-16(2,9-23-3)14(22)20-15-18-11-7-8-12(17)19-13(11)21(15)10-5-4-6-10/h7-8,10H,4-6,9H2,1-3H3,(H,18,20,22). The molecule has 23 heavy (non-hydrogen) atoms. The molecule has 6 nitrogen and oxygen atoms in total. The minimum absolute atomic E-state index is 0.124. The lowest BCUT2D eigenvalue weighted by Gasteiger charge is -2.29. The summed E-state index contributed by atoms with van der Waals surface area (Å²) in [5, 5.41) is 3.37. The highest BCUT2D eigenvalue weighted by Crippen LogP contribution is 2.37. The average Bonchev–Trinajstić information content (AvgIpc) is 2.75. The number of ether oxygens (including phenoxy) is 1. The van der Waals surface area contributed by atoms with E-state index in [4.69, 9.17) is 16.3 Å². The quantitative estimate of drug-likeness (QED) is 0.849. The molecular formula is C16H21ClN4O2. The van der Waals surface area contributed by atoms with E-state index in [1.54, 1.807) is 13.2 Å². The Morgan fingerprint density at radius 3 is 2.78 bits per heavy atom. The van der Waals surface area contributed by atoms with Gasteiger partial charge in [-0.25, -0.2) is 9.97 Å². The molecule has 3 rings (SSSR count). The van der Waals surface area contributed by atoms with Gasteiger partial charge in [0.05, 0.1) is 12.0 Å². The lowest BCUT2D eigenvalue weighted by Crippen LogP contribution is -2.36. The maximum atomic E-state index is 12.6. The molecule has 0 radical (unpaired) electrons. The van der Waals surface area contributed by atoms with Crippen LogP contribution in [-0.2, 0) is 9.53 Å². The average molecular weight is 337 g/mol. The van der Waals surface area contributed by atoms with E-state index in [-0.39, 0.29) is 5.91 Å². The van der Waals surface area contributed by atoms with Crippen LogP contribution in [0.5, 0.6) is 0 Å². The molecule has 2 aromatic heterocycles. The summed E-state index contributed by atoms with van der Waals surface area (Å²) in [6.45, 7) is 4.03. The normalized spacial score (nSPS) is 15.7. The molecule has 2 heterocycles. The van der Waals surface area contributed by atoms with Crippen molar-refractivity contribution in [1.29, 1.82) is 0 Å². The van der Waals surface area contributed by atoms with Crippen LogP contribution in [0.2, 0.25) is 5.15 Å². The van der Waals surface area contributed by atoms with Crippen molar-refractivity contribution in [2.75, 3.05) is 19.0 Å². The second kappa shape index (κ2) is 6.09. The van der Waals surface area contributed by atoms with Crippen LogP contribution in [0.1, 0.15) is 39.2 Å². The van der Waals surface area contributed by atoms with Crippen LogP contribution in [0.25, 0.3) is 11.2 Å². The van der Waals surface area contributed by atoms with Gasteiger partial charge in [0.25, 0.3) is 0 Å². The lowest BCUT2D eigenvalue weighted by atomic mass is 9.92. The zero-order valence-corrected chi connectivity index (χ0v) is 14.4. The third-order valence-electron chi connectivity index (χ3n) is 4.29. The topological polar surface area (TPSA) is 69.0 Å². The van der Waals surface area contributed by atoms with Gasteiger partial charge in [0.15, 0.2) is 5.65 Å². The number of anilines is 1. The summed E-state index contributed by atoms with van der Waals surface area (Å²) < 4.78 is 7.14. The number of halogens is 1. The third-order valence-corrected chi connectivity index (χ3v) is 4.50.